The molecule has 6 nitrogen and oxygen atoms in total. The summed E-state index contributed by atoms with van der Waals surface area (Å²) >= 11 is 9.20. The molecule has 1 heterocycles. The summed E-state index contributed by atoms with van der Waals surface area (Å²) < 4.78 is 1.72. The van der Waals surface area contributed by atoms with Gasteiger partial charge >= 0.3 is 5.97 Å². The van der Waals surface area contributed by atoms with Crippen LogP contribution < -0.4 is 5.56 Å². The van der Waals surface area contributed by atoms with E-state index >= 15 is 0 Å². The van der Waals surface area contributed by atoms with Crippen molar-refractivity contribution >= 4 is 45.7 Å². The van der Waals surface area contributed by atoms with Crippen LogP contribution in [0.4, 0.5) is 0 Å². The number of carboxylic acid groups (broad SMARTS) is 1. The van der Waals surface area contributed by atoms with Crippen LogP contribution in [0.25, 0.3) is 17.8 Å². The number of benzene rings is 2. The Morgan fingerprint density at radius 1 is 1.21 bits per heavy atom. The smallest absolute Gasteiger partial charge is 0.357 e. The normalized spacial score (nSPS) is 10.8. The van der Waals surface area contributed by atoms with Crippen LogP contribution in [0.5, 0.6) is 0 Å². The van der Waals surface area contributed by atoms with Crippen molar-refractivity contribution in [2.24, 2.45) is 0 Å². The van der Waals surface area contributed by atoms with Crippen molar-refractivity contribution in [3.63, 3.8) is 0 Å². The second-order valence-electron chi connectivity index (χ2n) is 5.64. The summed E-state index contributed by atoms with van der Waals surface area (Å²) in [5.41, 5.74) is -0.424. The van der Waals surface area contributed by atoms with Crippen molar-refractivity contribution in [1.82, 2.24) is 9.78 Å². The van der Waals surface area contributed by atoms with E-state index in [1.807, 2.05) is 18.2 Å². The highest BCUT2D eigenvalue weighted by Crippen LogP contribution is 2.18. The first-order chi connectivity index (χ1) is 13.4. The van der Waals surface area contributed by atoms with Gasteiger partial charge < -0.3 is 5.11 Å². The van der Waals surface area contributed by atoms with Crippen molar-refractivity contribution in [1.29, 1.82) is 5.26 Å². The van der Waals surface area contributed by atoms with Crippen molar-refractivity contribution in [2.75, 3.05) is 0 Å². The van der Waals surface area contributed by atoms with Crippen LogP contribution in [0.3, 0.4) is 0 Å². The van der Waals surface area contributed by atoms with Gasteiger partial charge in [0.05, 0.1) is 5.69 Å². The fourth-order valence-electron chi connectivity index (χ4n) is 2.51. The molecule has 0 unspecified atom stereocenters. The molecule has 0 saturated heterocycles. The molecule has 28 heavy (non-hydrogen) atoms. The van der Waals surface area contributed by atoms with Gasteiger partial charge in [-0.25, -0.2) is 4.79 Å². The molecule has 1 N–H and O–H groups in total. The fourth-order valence-corrected chi connectivity index (χ4v) is 3.06. The Morgan fingerprint density at radius 3 is 2.54 bits per heavy atom. The zero-order valence-corrected chi connectivity index (χ0v) is 16.5. The van der Waals surface area contributed by atoms with Gasteiger partial charge in [-0.3, -0.25) is 4.79 Å². The van der Waals surface area contributed by atoms with Gasteiger partial charge in [0, 0.05) is 15.1 Å². The Labute approximate surface area is 173 Å². The van der Waals surface area contributed by atoms with Crippen LogP contribution in [0.15, 0.2) is 57.8 Å². The molecule has 0 fully saturated rings. The molecule has 2 aromatic carbocycles. The summed E-state index contributed by atoms with van der Waals surface area (Å²) in [4.78, 5) is 24.5. The van der Waals surface area contributed by atoms with Crippen LogP contribution in [-0.2, 0) is 0 Å². The SMILES string of the molecule is N#Cc1c(/C=C\c2cccc(Br)c2)c(C(=O)O)nn(-c2ccc(Cl)cc2)c1=O. The molecule has 0 aliphatic carbocycles. The summed E-state index contributed by atoms with van der Waals surface area (Å²) in [6, 6.07) is 15.2. The Kier molecular flexibility index (Phi) is 5.73. The highest BCUT2D eigenvalue weighted by atomic mass is 79.9. The number of carboxylic acids is 1. The summed E-state index contributed by atoms with van der Waals surface area (Å²) in [6.07, 6.45) is 3.02. The number of aromatic carboxylic acids is 1. The number of hydrogen-bond donors (Lipinski definition) is 1. The number of carbonyl (C=O) groups is 1. The van der Waals surface area contributed by atoms with Crippen molar-refractivity contribution in [3.05, 3.63) is 90.8 Å². The number of halogens is 2. The topological polar surface area (TPSA) is 96.0 Å². The van der Waals surface area contributed by atoms with Crippen LogP contribution in [0.2, 0.25) is 5.02 Å². The van der Waals surface area contributed by atoms with Crippen LogP contribution >= 0.6 is 27.5 Å². The third-order valence-electron chi connectivity index (χ3n) is 3.81. The second-order valence-corrected chi connectivity index (χ2v) is 6.99. The van der Waals surface area contributed by atoms with Gasteiger partial charge in [-0.15, -0.1) is 0 Å². The van der Waals surface area contributed by atoms with E-state index in [0.717, 1.165) is 14.7 Å². The third kappa shape index (κ3) is 4.03. The van der Waals surface area contributed by atoms with Gasteiger partial charge in [0.25, 0.3) is 5.56 Å². The standard InChI is InChI=1S/C20H11BrClN3O3/c21-13-3-1-2-12(10-13)4-9-16-17(11-23)19(26)25(24-18(16)20(27)28)15-7-5-14(22)6-8-15/h1-10H,(H,27,28)/b9-4-. The lowest BCUT2D eigenvalue weighted by Gasteiger charge is -2.09. The molecule has 3 aromatic rings. The van der Waals surface area contributed by atoms with E-state index in [9.17, 15) is 20.0 Å². The van der Waals surface area contributed by atoms with Crippen molar-refractivity contribution in [3.8, 4) is 11.8 Å². The molecule has 8 heteroatoms. The first-order valence-electron chi connectivity index (χ1n) is 7.91. The quantitative estimate of drug-likeness (QED) is 0.628. The molecular weight excluding hydrogens is 446 g/mol. The lowest BCUT2D eigenvalue weighted by Crippen LogP contribution is -2.28. The minimum Gasteiger partial charge on any atom is -0.476 e. The zero-order valence-electron chi connectivity index (χ0n) is 14.1. The second kappa shape index (κ2) is 8.21. The minimum absolute atomic E-state index is 0.0508. The maximum Gasteiger partial charge on any atom is 0.357 e. The molecule has 0 radical (unpaired) electrons. The van der Waals surface area contributed by atoms with Crippen molar-refractivity contribution < 1.29 is 9.90 Å². The molecule has 0 atom stereocenters. The van der Waals surface area contributed by atoms with E-state index in [2.05, 4.69) is 21.0 Å². The van der Waals surface area contributed by atoms with Crippen LogP contribution in [0, 0.1) is 11.3 Å². The molecule has 3 rings (SSSR count). The van der Waals surface area contributed by atoms with E-state index < -0.39 is 17.2 Å². The van der Waals surface area contributed by atoms with Gasteiger partial charge in [0.15, 0.2) is 5.69 Å². The number of nitriles is 1. The van der Waals surface area contributed by atoms with Gasteiger partial charge in [-0.1, -0.05) is 51.8 Å². The van der Waals surface area contributed by atoms with Gasteiger partial charge in [0.2, 0.25) is 0 Å². The highest BCUT2D eigenvalue weighted by molar-refractivity contribution is 9.10. The maximum absolute atomic E-state index is 12.8. The number of rotatable bonds is 4. The van der Waals surface area contributed by atoms with Gasteiger partial charge in [0.1, 0.15) is 11.6 Å². The first kappa shape index (κ1) is 19.5. The Morgan fingerprint density at radius 2 is 1.93 bits per heavy atom. The summed E-state index contributed by atoms with van der Waals surface area (Å²) in [5.74, 6) is -1.35. The van der Waals surface area contributed by atoms with E-state index in [1.54, 1.807) is 30.3 Å². The molecule has 0 aliphatic rings. The van der Waals surface area contributed by atoms with E-state index in [1.165, 1.54) is 18.2 Å². The Bertz CT molecular complexity index is 1190. The highest BCUT2D eigenvalue weighted by Gasteiger charge is 2.21. The molecule has 0 spiro atoms. The predicted molar refractivity (Wildman–Crippen MR) is 110 cm³/mol. The summed E-state index contributed by atoms with van der Waals surface area (Å²) in [5, 5.41) is 23.5. The molecule has 0 aliphatic heterocycles. The third-order valence-corrected chi connectivity index (χ3v) is 4.55. The minimum atomic E-state index is -1.35. The lowest BCUT2D eigenvalue weighted by atomic mass is 10.1. The zero-order chi connectivity index (χ0) is 20.3. The van der Waals surface area contributed by atoms with Gasteiger partial charge in [-0.2, -0.15) is 15.0 Å². The van der Waals surface area contributed by atoms with E-state index in [4.69, 9.17) is 11.6 Å². The van der Waals surface area contributed by atoms with E-state index in [-0.39, 0.29) is 11.1 Å². The number of hydrogen-bond acceptors (Lipinski definition) is 4. The monoisotopic (exact) mass is 455 g/mol. The number of aromatic nitrogens is 2. The average molecular weight is 457 g/mol. The molecule has 1 aromatic heterocycles. The Hall–Kier alpha value is -3.21. The largest absolute Gasteiger partial charge is 0.476 e. The first-order valence-corrected chi connectivity index (χ1v) is 9.08. The van der Waals surface area contributed by atoms with Crippen LogP contribution in [-0.4, -0.2) is 20.9 Å². The molecule has 138 valence electrons. The van der Waals surface area contributed by atoms with E-state index in [0.29, 0.717) is 10.7 Å². The number of nitrogens with zero attached hydrogens (tertiary/aromatic N) is 3. The molecule has 0 amide bonds. The fraction of sp³-hybridized carbons (Fsp3) is 0. The molecule has 0 bridgehead atoms. The molecular formula is C20H11BrClN3O3. The maximum atomic E-state index is 12.8. The van der Waals surface area contributed by atoms with Crippen molar-refractivity contribution in [2.45, 2.75) is 0 Å². The average Bonchev–Trinajstić information content (AvgIpc) is 2.67. The Balaban J connectivity index is 2.21. The summed E-state index contributed by atoms with van der Waals surface area (Å²) in [6.45, 7) is 0. The van der Waals surface area contributed by atoms with Crippen LogP contribution in [0.1, 0.15) is 27.2 Å². The lowest BCUT2D eigenvalue weighted by molar-refractivity contribution is 0.0688. The summed E-state index contributed by atoms with van der Waals surface area (Å²) in [7, 11) is 0. The molecule has 0 saturated carbocycles. The predicted octanol–water partition coefficient (Wildman–Crippen LogP) is 4.39. The van der Waals surface area contributed by atoms with Gasteiger partial charge in [-0.05, 0) is 42.0 Å².